The Bertz CT molecular complexity index is 603. The third-order valence-electron chi connectivity index (χ3n) is 3.42. The van der Waals surface area contributed by atoms with Gasteiger partial charge in [0.1, 0.15) is 6.33 Å². The van der Waals surface area contributed by atoms with Crippen LogP contribution in [0, 0.1) is 0 Å². The summed E-state index contributed by atoms with van der Waals surface area (Å²) in [6.45, 7) is 7.60. The second-order valence-electron chi connectivity index (χ2n) is 6.00. The molecule has 0 aromatic carbocycles. The minimum Gasteiger partial charge on any atom is -0.379 e. The Kier molecular flexibility index (Phi) is 3.33. The molecule has 0 amide bonds. The number of rotatable bonds is 6. The molecule has 1 aliphatic rings. The maximum absolute atomic E-state index is 5.53. The molecule has 2 aromatic rings. The lowest BCUT2D eigenvalue weighted by Gasteiger charge is -2.27. The molecule has 0 aliphatic heterocycles. The van der Waals surface area contributed by atoms with Crippen molar-refractivity contribution in [2.24, 2.45) is 0 Å². The Morgan fingerprint density at radius 1 is 1.45 bits per heavy atom. The van der Waals surface area contributed by atoms with E-state index in [1.54, 1.807) is 10.8 Å². The molecule has 1 N–H and O–H groups in total. The summed E-state index contributed by atoms with van der Waals surface area (Å²) in [5, 5.41) is 16.2. The van der Waals surface area contributed by atoms with Gasteiger partial charge in [-0.15, -0.1) is 10.2 Å². The molecule has 1 aliphatic carbocycles. The number of ether oxygens (including phenoxy) is 1. The lowest BCUT2D eigenvalue weighted by molar-refractivity contribution is 0.115. The molecule has 0 unspecified atom stereocenters. The summed E-state index contributed by atoms with van der Waals surface area (Å²) in [5.41, 5.74) is 2.69. The highest BCUT2D eigenvalue weighted by molar-refractivity contribution is 5.67. The first kappa shape index (κ1) is 13.3. The van der Waals surface area contributed by atoms with Crippen LogP contribution in [-0.4, -0.2) is 38.6 Å². The third kappa shape index (κ3) is 2.75. The first-order valence-corrected chi connectivity index (χ1v) is 7.16. The highest BCUT2D eigenvalue weighted by Gasteiger charge is 2.28. The van der Waals surface area contributed by atoms with Gasteiger partial charge in [-0.3, -0.25) is 0 Å². The fraction of sp³-hybridized carbons (Fsp3) is 0.643. The third-order valence-corrected chi connectivity index (χ3v) is 3.42. The Morgan fingerprint density at radius 2 is 2.25 bits per heavy atom. The van der Waals surface area contributed by atoms with E-state index < -0.39 is 0 Å². The smallest absolute Gasteiger partial charge is 0.200 e. The Balaban J connectivity index is 1.90. The minimum atomic E-state index is -0.162. The fourth-order valence-electron chi connectivity index (χ4n) is 2.27. The molecule has 0 saturated heterocycles. The van der Waals surface area contributed by atoms with Gasteiger partial charge < -0.3 is 10.1 Å². The van der Waals surface area contributed by atoms with E-state index in [1.807, 2.05) is 6.92 Å². The van der Waals surface area contributed by atoms with E-state index in [-0.39, 0.29) is 5.54 Å². The summed E-state index contributed by atoms with van der Waals surface area (Å²) in [4.78, 5) is 0. The molecular formula is C14H21N5O. The number of nitrogens with one attached hydrogen (secondary N) is 1. The van der Waals surface area contributed by atoms with Crippen LogP contribution >= 0.6 is 0 Å². The molecule has 2 aromatic heterocycles. The van der Waals surface area contributed by atoms with E-state index in [0.717, 1.165) is 23.6 Å². The second-order valence-corrected chi connectivity index (χ2v) is 6.00. The van der Waals surface area contributed by atoms with Gasteiger partial charge in [-0.2, -0.15) is 9.61 Å². The SMILES string of the molecule is CCOCC(C)(C)Nc1cc(C2CC2)nn2cnnc12. The van der Waals surface area contributed by atoms with Crippen LogP contribution in [0.5, 0.6) is 0 Å². The molecule has 1 saturated carbocycles. The van der Waals surface area contributed by atoms with Gasteiger partial charge in [0.05, 0.1) is 23.5 Å². The topological polar surface area (TPSA) is 64.3 Å². The molecule has 6 nitrogen and oxygen atoms in total. The Morgan fingerprint density at radius 3 is 2.95 bits per heavy atom. The van der Waals surface area contributed by atoms with Gasteiger partial charge in [0, 0.05) is 12.5 Å². The van der Waals surface area contributed by atoms with Crippen LogP contribution in [0.1, 0.15) is 45.2 Å². The van der Waals surface area contributed by atoms with E-state index in [1.165, 1.54) is 12.8 Å². The van der Waals surface area contributed by atoms with Crippen molar-refractivity contribution < 1.29 is 4.74 Å². The van der Waals surface area contributed by atoms with Crippen LogP contribution in [0.15, 0.2) is 12.4 Å². The molecule has 3 rings (SSSR count). The van der Waals surface area contributed by atoms with Crippen LogP contribution in [-0.2, 0) is 4.74 Å². The number of anilines is 1. The van der Waals surface area contributed by atoms with Gasteiger partial charge in [0.2, 0.25) is 5.65 Å². The summed E-state index contributed by atoms with van der Waals surface area (Å²) in [7, 11) is 0. The fourth-order valence-corrected chi connectivity index (χ4v) is 2.27. The molecule has 0 atom stereocenters. The number of hydrogen-bond acceptors (Lipinski definition) is 5. The number of hydrogen-bond donors (Lipinski definition) is 1. The van der Waals surface area contributed by atoms with E-state index in [2.05, 4.69) is 40.5 Å². The zero-order valence-electron chi connectivity index (χ0n) is 12.3. The Labute approximate surface area is 118 Å². The van der Waals surface area contributed by atoms with Crippen LogP contribution in [0.2, 0.25) is 0 Å². The average Bonchev–Trinajstić information content (AvgIpc) is 3.14. The van der Waals surface area contributed by atoms with Crippen molar-refractivity contribution >= 4 is 11.3 Å². The monoisotopic (exact) mass is 275 g/mol. The van der Waals surface area contributed by atoms with Crippen LogP contribution in [0.25, 0.3) is 5.65 Å². The maximum atomic E-state index is 5.53. The van der Waals surface area contributed by atoms with Crippen molar-refractivity contribution in [1.29, 1.82) is 0 Å². The van der Waals surface area contributed by atoms with Gasteiger partial charge in [-0.05, 0) is 39.7 Å². The van der Waals surface area contributed by atoms with Gasteiger partial charge in [-0.1, -0.05) is 0 Å². The number of nitrogens with zero attached hydrogens (tertiary/aromatic N) is 4. The largest absolute Gasteiger partial charge is 0.379 e. The van der Waals surface area contributed by atoms with E-state index >= 15 is 0 Å². The van der Waals surface area contributed by atoms with Crippen molar-refractivity contribution in [3.63, 3.8) is 0 Å². The Hall–Kier alpha value is -1.69. The predicted octanol–water partition coefficient (Wildman–Crippen LogP) is 2.23. The predicted molar refractivity (Wildman–Crippen MR) is 77.0 cm³/mol. The zero-order valence-corrected chi connectivity index (χ0v) is 12.3. The average molecular weight is 275 g/mol. The van der Waals surface area contributed by atoms with Gasteiger partial charge >= 0.3 is 0 Å². The normalized spacial score (nSPS) is 15.8. The molecule has 1 fully saturated rings. The highest BCUT2D eigenvalue weighted by Crippen LogP contribution is 2.40. The molecule has 20 heavy (non-hydrogen) atoms. The second kappa shape index (κ2) is 5.01. The molecule has 108 valence electrons. The lowest BCUT2D eigenvalue weighted by Crippen LogP contribution is -2.36. The minimum absolute atomic E-state index is 0.162. The molecule has 6 heteroatoms. The molecule has 0 radical (unpaired) electrons. The first-order chi connectivity index (χ1) is 9.59. The summed E-state index contributed by atoms with van der Waals surface area (Å²) in [5.74, 6) is 0.595. The van der Waals surface area contributed by atoms with Crippen LogP contribution < -0.4 is 5.32 Å². The number of fused-ring (bicyclic) bond motifs is 1. The van der Waals surface area contributed by atoms with Crippen molar-refractivity contribution in [1.82, 2.24) is 19.8 Å². The standard InChI is InChI=1S/C14H21N5O/c1-4-20-8-14(2,3)16-12-7-11(10-5-6-10)18-19-9-15-17-13(12)19/h7,9-10,16H,4-6,8H2,1-3H3. The van der Waals surface area contributed by atoms with Gasteiger partial charge in [0.15, 0.2) is 0 Å². The van der Waals surface area contributed by atoms with Crippen molar-refractivity contribution in [3.8, 4) is 0 Å². The van der Waals surface area contributed by atoms with E-state index in [0.29, 0.717) is 12.5 Å². The first-order valence-electron chi connectivity index (χ1n) is 7.16. The quantitative estimate of drug-likeness (QED) is 0.875. The summed E-state index contributed by atoms with van der Waals surface area (Å²) in [6, 6.07) is 2.11. The van der Waals surface area contributed by atoms with Crippen LogP contribution in [0.3, 0.4) is 0 Å². The zero-order chi connectivity index (χ0) is 14.2. The summed E-state index contributed by atoms with van der Waals surface area (Å²) >= 11 is 0. The summed E-state index contributed by atoms with van der Waals surface area (Å²) in [6.07, 6.45) is 4.10. The highest BCUT2D eigenvalue weighted by atomic mass is 16.5. The van der Waals surface area contributed by atoms with Gasteiger partial charge in [0.25, 0.3) is 0 Å². The molecule has 2 heterocycles. The maximum Gasteiger partial charge on any atom is 0.200 e. The molecule has 0 bridgehead atoms. The van der Waals surface area contributed by atoms with E-state index in [9.17, 15) is 0 Å². The van der Waals surface area contributed by atoms with Crippen LogP contribution in [0.4, 0.5) is 5.69 Å². The summed E-state index contributed by atoms with van der Waals surface area (Å²) < 4.78 is 7.29. The number of aromatic nitrogens is 4. The van der Waals surface area contributed by atoms with Crippen molar-refractivity contribution in [2.75, 3.05) is 18.5 Å². The van der Waals surface area contributed by atoms with Gasteiger partial charge in [-0.25, -0.2) is 0 Å². The molecular weight excluding hydrogens is 254 g/mol. The lowest BCUT2D eigenvalue weighted by atomic mass is 10.1. The van der Waals surface area contributed by atoms with Crippen molar-refractivity contribution in [3.05, 3.63) is 18.1 Å². The molecule has 0 spiro atoms. The van der Waals surface area contributed by atoms with E-state index in [4.69, 9.17) is 4.74 Å². The van der Waals surface area contributed by atoms with Crippen molar-refractivity contribution in [2.45, 2.75) is 45.1 Å².